The van der Waals surface area contributed by atoms with Crippen LogP contribution in [0.25, 0.3) is 0 Å². The summed E-state index contributed by atoms with van der Waals surface area (Å²) in [6.07, 6.45) is 0.205. The molecular formula is C23H31N5O4. The number of rotatable bonds is 3. The third-order valence-corrected chi connectivity index (χ3v) is 5.57. The Balaban J connectivity index is 1.55. The molecule has 0 unspecified atom stereocenters. The van der Waals surface area contributed by atoms with Crippen molar-refractivity contribution in [2.75, 3.05) is 43.1 Å². The van der Waals surface area contributed by atoms with Crippen LogP contribution in [0.1, 0.15) is 42.5 Å². The first-order valence-corrected chi connectivity index (χ1v) is 11.0. The van der Waals surface area contributed by atoms with Crippen LogP contribution >= 0.6 is 0 Å². The van der Waals surface area contributed by atoms with Crippen LogP contribution in [0.3, 0.4) is 0 Å². The molecule has 1 fully saturated rings. The van der Waals surface area contributed by atoms with E-state index in [4.69, 9.17) is 9.47 Å². The molecule has 172 valence electrons. The van der Waals surface area contributed by atoms with E-state index in [1.54, 1.807) is 16.6 Å². The number of morpholine rings is 1. The van der Waals surface area contributed by atoms with Gasteiger partial charge in [-0.2, -0.15) is 5.10 Å². The third-order valence-electron chi connectivity index (χ3n) is 5.57. The molecule has 9 nitrogen and oxygen atoms in total. The maximum absolute atomic E-state index is 13.4. The van der Waals surface area contributed by atoms with Crippen molar-refractivity contribution in [3.8, 4) is 0 Å². The minimum atomic E-state index is -0.574. The molecule has 32 heavy (non-hydrogen) atoms. The van der Waals surface area contributed by atoms with E-state index >= 15 is 0 Å². The molecule has 1 aromatic carbocycles. The minimum Gasteiger partial charge on any atom is -0.444 e. The van der Waals surface area contributed by atoms with Gasteiger partial charge in [0.15, 0.2) is 0 Å². The zero-order chi connectivity index (χ0) is 22.9. The molecule has 3 heterocycles. The van der Waals surface area contributed by atoms with Gasteiger partial charge >= 0.3 is 6.09 Å². The average Bonchev–Trinajstić information content (AvgIpc) is 3.08. The van der Waals surface area contributed by atoms with E-state index in [9.17, 15) is 9.59 Å². The topological polar surface area (TPSA) is 88.9 Å². The number of nitrogens with zero attached hydrogens (tertiary/aromatic N) is 4. The highest BCUT2D eigenvalue weighted by Gasteiger charge is 2.32. The van der Waals surface area contributed by atoms with Gasteiger partial charge in [-0.15, -0.1) is 0 Å². The van der Waals surface area contributed by atoms with Gasteiger partial charge in [0.25, 0.3) is 5.91 Å². The first kappa shape index (κ1) is 22.1. The highest BCUT2D eigenvalue weighted by atomic mass is 16.6. The molecule has 2 amide bonds. The van der Waals surface area contributed by atoms with E-state index in [0.717, 1.165) is 35.7 Å². The Morgan fingerprint density at radius 2 is 1.84 bits per heavy atom. The molecule has 2 aliphatic heterocycles. The Hall–Kier alpha value is -3.07. The zero-order valence-corrected chi connectivity index (χ0v) is 19.2. The number of aromatic nitrogens is 2. The number of nitrogens with one attached hydrogen (secondary N) is 1. The van der Waals surface area contributed by atoms with Gasteiger partial charge in [0.2, 0.25) is 0 Å². The fourth-order valence-electron chi connectivity index (χ4n) is 4.11. The summed E-state index contributed by atoms with van der Waals surface area (Å²) in [4.78, 5) is 29.8. The molecule has 1 saturated heterocycles. The Kier molecular flexibility index (Phi) is 6.10. The Bertz CT molecular complexity index is 1000. The molecule has 0 spiro atoms. The molecule has 2 aliphatic rings. The number of hydrogen-bond donors (Lipinski definition) is 1. The van der Waals surface area contributed by atoms with Gasteiger partial charge in [0, 0.05) is 38.7 Å². The number of fused-ring (bicyclic) bond motifs is 1. The summed E-state index contributed by atoms with van der Waals surface area (Å²) in [6.45, 7) is 9.22. The monoisotopic (exact) mass is 441 g/mol. The lowest BCUT2D eigenvalue weighted by Gasteiger charge is -2.31. The van der Waals surface area contributed by atoms with Gasteiger partial charge in [-0.1, -0.05) is 12.1 Å². The summed E-state index contributed by atoms with van der Waals surface area (Å²) in [5.74, 6) is -0.243. The van der Waals surface area contributed by atoms with Crippen LogP contribution in [0.4, 0.5) is 16.2 Å². The van der Waals surface area contributed by atoms with Crippen molar-refractivity contribution >= 4 is 23.4 Å². The van der Waals surface area contributed by atoms with Crippen LogP contribution in [0.5, 0.6) is 0 Å². The summed E-state index contributed by atoms with van der Waals surface area (Å²) in [5, 5.41) is 7.61. The number of ether oxygens (including phenoxy) is 2. The second kappa shape index (κ2) is 8.82. The summed E-state index contributed by atoms with van der Waals surface area (Å²) >= 11 is 0. The van der Waals surface area contributed by atoms with Crippen molar-refractivity contribution in [1.29, 1.82) is 0 Å². The summed E-state index contributed by atoms with van der Waals surface area (Å²) in [5.41, 5.74) is 3.22. The summed E-state index contributed by atoms with van der Waals surface area (Å²) < 4.78 is 12.6. The smallest absolute Gasteiger partial charge is 0.410 e. The highest BCUT2D eigenvalue weighted by molar-refractivity contribution is 6.06. The zero-order valence-electron chi connectivity index (χ0n) is 19.2. The number of carbonyl (C=O) groups is 2. The van der Waals surface area contributed by atoms with Crippen molar-refractivity contribution in [2.24, 2.45) is 7.05 Å². The predicted octanol–water partition coefficient (Wildman–Crippen LogP) is 2.80. The van der Waals surface area contributed by atoms with Crippen LogP contribution < -0.4 is 10.2 Å². The van der Waals surface area contributed by atoms with E-state index in [0.29, 0.717) is 38.4 Å². The van der Waals surface area contributed by atoms with Crippen LogP contribution in [0.15, 0.2) is 24.3 Å². The largest absolute Gasteiger partial charge is 0.444 e. The van der Waals surface area contributed by atoms with E-state index in [2.05, 4.69) is 15.3 Å². The lowest BCUT2D eigenvalue weighted by Crippen LogP contribution is -2.40. The maximum atomic E-state index is 13.4. The summed E-state index contributed by atoms with van der Waals surface area (Å²) in [7, 11) is 1.76. The Morgan fingerprint density at radius 3 is 2.56 bits per heavy atom. The van der Waals surface area contributed by atoms with Gasteiger partial charge < -0.3 is 24.6 Å². The Labute approximate surface area is 188 Å². The van der Waals surface area contributed by atoms with Gasteiger partial charge in [-0.25, -0.2) is 4.79 Å². The number of aryl methyl sites for hydroxylation is 1. The number of hydrogen-bond acceptors (Lipinski definition) is 6. The third kappa shape index (κ3) is 4.72. The lowest BCUT2D eigenvalue weighted by molar-refractivity contribution is 0.0222. The first-order chi connectivity index (χ1) is 15.2. The summed E-state index contributed by atoms with van der Waals surface area (Å²) in [6, 6.07) is 7.77. The first-order valence-electron chi connectivity index (χ1n) is 11.0. The van der Waals surface area contributed by atoms with E-state index in [1.807, 2.05) is 45.0 Å². The molecule has 0 atom stereocenters. The van der Waals surface area contributed by atoms with Crippen molar-refractivity contribution in [3.63, 3.8) is 0 Å². The molecule has 9 heteroatoms. The van der Waals surface area contributed by atoms with E-state index in [1.165, 1.54) is 0 Å². The standard InChI is InChI=1S/C23H31N5O4/c1-23(2,3)32-22(30)28-10-9-17-16(15-28)20(26(4)25-17)21(29)24-18-7-5-6-8-19(18)27-11-13-31-14-12-27/h5-8H,9-15H2,1-4H3,(H,24,29). The predicted molar refractivity (Wildman–Crippen MR) is 121 cm³/mol. The minimum absolute atomic E-state index is 0.243. The number of benzene rings is 1. The molecule has 1 N–H and O–H groups in total. The molecule has 0 aliphatic carbocycles. The molecule has 4 rings (SSSR count). The van der Waals surface area contributed by atoms with Crippen molar-refractivity contribution in [1.82, 2.24) is 14.7 Å². The lowest BCUT2D eigenvalue weighted by atomic mass is 10.0. The number of anilines is 2. The van der Waals surface area contributed by atoms with Crippen molar-refractivity contribution in [2.45, 2.75) is 39.3 Å². The molecule has 0 bridgehead atoms. The van der Waals surface area contributed by atoms with Crippen LogP contribution in [0, 0.1) is 0 Å². The molecule has 1 aromatic heterocycles. The number of amides is 2. The fourth-order valence-corrected chi connectivity index (χ4v) is 4.11. The van der Waals surface area contributed by atoms with Gasteiger partial charge in [0.1, 0.15) is 11.3 Å². The van der Waals surface area contributed by atoms with Gasteiger partial charge in [-0.05, 0) is 32.9 Å². The Morgan fingerprint density at radius 1 is 1.12 bits per heavy atom. The fraction of sp³-hybridized carbons (Fsp3) is 0.522. The van der Waals surface area contributed by atoms with Crippen molar-refractivity contribution in [3.05, 3.63) is 41.2 Å². The van der Waals surface area contributed by atoms with Crippen LogP contribution in [0.2, 0.25) is 0 Å². The SMILES string of the molecule is Cn1nc2c(c1C(=O)Nc1ccccc1N1CCOCC1)CN(C(=O)OC(C)(C)C)CC2. The van der Waals surface area contributed by atoms with Gasteiger partial charge in [-0.3, -0.25) is 9.48 Å². The van der Waals surface area contributed by atoms with E-state index < -0.39 is 5.60 Å². The second-order valence-corrected chi connectivity index (χ2v) is 9.12. The van der Waals surface area contributed by atoms with Gasteiger partial charge in [0.05, 0.1) is 36.8 Å². The second-order valence-electron chi connectivity index (χ2n) is 9.12. The normalized spacial score (nSPS) is 16.5. The van der Waals surface area contributed by atoms with Crippen LogP contribution in [-0.4, -0.2) is 65.1 Å². The van der Waals surface area contributed by atoms with Crippen molar-refractivity contribution < 1.29 is 19.1 Å². The number of carbonyl (C=O) groups excluding carboxylic acids is 2. The average molecular weight is 442 g/mol. The number of para-hydroxylation sites is 2. The quantitative estimate of drug-likeness (QED) is 0.788. The molecule has 0 saturated carbocycles. The molecular weight excluding hydrogens is 410 g/mol. The molecule has 0 radical (unpaired) electrons. The maximum Gasteiger partial charge on any atom is 0.410 e. The highest BCUT2D eigenvalue weighted by Crippen LogP contribution is 2.29. The molecule has 2 aromatic rings. The van der Waals surface area contributed by atoms with E-state index in [-0.39, 0.29) is 12.0 Å². The van der Waals surface area contributed by atoms with Crippen LogP contribution in [-0.2, 0) is 29.5 Å².